The van der Waals surface area contributed by atoms with Crippen molar-refractivity contribution in [3.05, 3.63) is 63.2 Å². The van der Waals surface area contributed by atoms with E-state index in [-0.39, 0.29) is 30.1 Å². The van der Waals surface area contributed by atoms with E-state index in [1.165, 1.54) is 49.4 Å². The normalized spacial score (nSPS) is 11.8. The van der Waals surface area contributed by atoms with Crippen molar-refractivity contribution in [1.82, 2.24) is 9.55 Å². The molecule has 2 aromatic carbocycles. The largest absolute Gasteiger partial charge is 0.493 e. The highest BCUT2D eigenvalue weighted by molar-refractivity contribution is 5.81. The molecule has 0 saturated carbocycles. The topological polar surface area (TPSA) is 126 Å². The van der Waals surface area contributed by atoms with Crippen LogP contribution < -0.4 is 19.8 Å². The second-order valence-corrected chi connectivity index (χ2v) is 6.15. The molecule has 3 aromatic rings. The smallest absolute Gasteiger partial charge is 0.273 e. The molecule has 10 nitrogen and oxygen atoms in total. The summed E-state index contributed by atoms with van der Waals surface area (Å²) < 4.78 is 17.1. The lowest BCUT2D eigenvalue weighted by molar-refractivity contribution is -0.384. The summed E-state index contributed by atoms with van der Waals surface area (Å²) >= 11 is 0. The van der Waals surface area contributed by atoms with Gasteiger partial charge in [-0.1, -0.05) is 6.07 Å². The summed E-state index contributed by atoms with van der Waals surface area (Å²) in [5.74, 6) is 1.10. The Morgan fingerprint density at radius 1 is 1.21 bits per heavy atom. The fourth-order valence-corrected chi connectivity index (χ4v) is 2.77. The van der Waals surface area contributed by atoms with Gasteiger partial charge in [0, 0.05) is 12.1 Å². The van der Waals surface area contributed by atoms with Crippen LogP contribution in [0.15, 0.2) is 47.5 Å². The van der Waals surface area contributed by atoms with E-state index in [1.54, 1.807) is 12.1 Å². The van der Waals surface area contributed by atoms with Gasteiger partial charge in [0.05, 0.1) is 49.0 Å². The molecule has 0 aliphatic carbocycles. The molecule has 1 atom stereocenters. The molecule has 0 amide bonds. The van der Waals surface area contributed by atoms with E-state index < -0.39 is 11.0 Å². The summed E-state index contributed by atoms with van der Waals surface area (Å²) in [4.78, 5) is 27.2. The molecule has 1 aromatic heterocycles. The molecule has 0 spiro atoms. The number of aliphatic hydroxyl groups excluding tert-OH is 1. The minimum atomic E-state index is -1.04. The number of ether oxygens (including phenoxy) is 3. The zero-order chi connectivity index (χ0) is 21.0. The maximum absolute atomic E-state index is 12.7. The number of nitro benzene ring substituents is 1. The van der Waals surface area contributed by atoms with Gasteiger partial charge in [-0.3, -0.25) is 19.5 Å². The first-order valence-electron chi connectivity index (χ1n) is 8.59. The Bertz CT molecular complexity index is 1100. The molecule has 0 aliphatic heterocycles. The van der Waals surface area contributed by atoms with Gasteiger partial charge in [-0.2, -0.15) is 0 Å². The van der Waals surface area contributed by atoms with Crippen molar-refractivity contribution in [3.63, 3.8) is 0 Å². The third-order valence-corrected chi connectivity index (χ3v) is 4.21. The standard InChI is InChI=1S/C19H19N3O7/c1-27-17-7-15-16(8-18(17)28-2)20-11-21(19(15)24)9-13(23)10-29-14-5-3-4-12(6-14)22(25)26/h3-8,11,13,23H,9-10H2,1-2H3/t13-/m0/s1. The van der Waals surface area contributed by atoms with Gasteiger partial charge >= 0.3 is 0 Å². The molecular formula is C19H19N3O7. The highest BCUT2D eigenvalue weighted by Crippen LogP contribution is 2.29. The number of fused-ring (bicyclic) bond motifs is 1. The Balaban J connectivity index is 1.75. The number of non-ortho nitro benzene ring substituents is 1. The van der Waals surface area contributed by atoms with Gasteiger partial charge in [0.1, 0.15) is 18.5 Å². The first-order chi connectivity index (χ1) is 13.9. The lowest BCUT2D eigenvalue weighted by Gasteiger charge is -2.14. The number of nitrogens with zero attached hydrogens (tertiary/aromatic N) is 3. The van der Waals surface area contributed by atoms with Crippen molar-refractivity contribution in [3.8, 4) is 17.2 Å². The van der Waals surface area contributed by atoms with E-state index in [0.717, 1.165) is 0 Å². The zero-order valence-corrected chi connectivity index (χ0v) is 15.8. The first-order valence-corrected chi connectivity index (χ1v) is 8.59. The number of hydrogen-bond acceptors (Lipinski definition) is 8. The molecule has 152 valence electrons. The quantitative estimate of drug-likeness (QED) is 0.447. The number of nitro groups is 1. The van der Waals surface area contributed by atoms with E-state index in [4.69, 9.17) is 14.2 Å². The predicted molar refractivity (Wildman–Crippen MR) is 104 cm³/mol. The Morgan fingerprint density at radius 3 is 2.62 bits per heavy atom. The average Bonchev–Trinajstić information content (AvgIpc) is 2.73. The minimum absolute atomic E-state index is 0.0644. The lowest BCUT2D eigenvalue weighted by atomic mass is 10.2. The van der Waals surface area contributed by atoms with Crippen molar-refractivity contribution >= 4 is 16.6 Å². The Labute approximate surface area is 165 Å². The van der Waals surface area contributed by atoms with E-state index >= 15 is 0 Å². The average molecular weight is 401 g/mol. The van der Waals surface area contributed by atoms with E-state index in [2.05, 4.69) is 4.98 Å². The number of aromatic nitrogens is 2. The molecule has 29 heavy (non-hydrogen) atoms. The van der Waals surface area contributed by atoms with Gasteiger partial charge in [-0.25, -0.2) is 4.98 Å². The summed E-state index contributed by atoms with van der Waals surface area (Å²) in [7, 11) is 2.95. The third kappa shape index (κ3) is 4.43. The molecule has 0 unspecified atom stereocenters. The van der Waals surface area contributed by atoms with Gasteiger partial charge in [0.15, 0.2) is 11.5 Å². The van der Waals surface area contributed by atoms with Crippen LogP contribution in [0.25, 0.3) is 10.9 Å². The monoisotopic (exact) mass is 401 g/mol. The van der Waals surface area contributed by atoms with Gasteiger partial charge in [-0.15, -0.1) is 0 Å². The number of methoxy groups -OCH3 is 2. The van der Waals surface area contributed by atoms with Crippen molar-refractivity contribution in [2.75, 3.05) is 20.8 Å². The molecule has 1 heterocycles. The van der Waals surface area contributed by atoms with Crippen LogP contribution in [0.2, 0.25) is 0 Å². The maximum atomic E-state index is 12.7. The highest BCUT2D eigenvalue weighted by Gasteiger charge is 2.14. The van der Waals surface area contributed by atoms with Crippen LogP contribution in [0.4, 0.5) is 5.69 Å². The fraction of sp³-hybridized carbons (Fsp3) is 0.263. The number of rotatable bonds is 8. The fourth-order valence-electron chi connectivity index (χ4n) is 2.77. The van der Waals surface area contributed by atoms with Gasteiger partial charge in [-0.05, 0) is 12.1 Å². The summed E-state index contributed by atoms with van der Waals surface area (Å²) in [6.07, 6.45) is 0.291. The Morgan fingerprint density at radius 2 is 1.93 bits per heavy atom. The molecule has 0 saturated heterocycles. The van der Waals surface area contributed by atoms with Gasteiger partial charge in [0.2, 0.25) is 0 Å². The van der Waals surface area contributed by atoms with Crippen molar-refractivity contribution < 1.29 is 24.2 Å². The predicted octanol–water partition coefficient (Wildman–Crippen LogP) is 1.76. The molecule has 10 heteroatoms. The second kappa shape index (κ2) is 8.57. The summed E-state index contributed by atoms with van der Waals surface area (Å²) in [5.41, 5.74) is -0.0344. The Kier molecular flexibility index (Phi) is 5.93. The molecule has 0 radical (unpaired) electrons. The second-order valence-electron chi connectivity index (χ2n) is 6.15. The number of aliphatic hydroxyl groups is 1. The van der Waals surface area contributed by atoms with Gasteiger partial charge in [0.25, 0.3) is 11.2 Å². The molecule has 0 fully saturated rings. The van der Waals surface area contributed by atoms with Crippen molar-refractivity contribution in [2.45, 2.75) is 12.6 Å². The SMILES string of the molecule is COc1cc2ncn(C[C@H](O)COc3cccc([N+](=O)[O-])c3)c(=O)c2cc1OC. The van der Waals surface area contributed by atoms with Crippen LogP contribution in [0.1, 0.15) is 0 Å². The molecule has 0 bridgehead atoms. The van der Waals surface area contributed by atoms with Crippen LogP contribution in [0.5, 0.6) is 17.2 Å². The van der Waals surface area contributed by atoms with E-state index in [9.17, 15) is 20.0 Å². The summed E-state index contributed by atoms with van der Waals surface area (Å²) in [6.45, 7) is -0.220. The minimum Gasteiger partial charge on any atom is -0.493 e. The van der Waals surface area contributed by atoms with Crippen molar-refractivity contribution in [2.24, 2.45) is 0 Å². The first kappa shape index (κ1) is 20.1. The third-order valence-electron chi connectivity index (χ3n) is 4.21. The molecular weight excluding hydrogens is 382 g/mol. The van der Waals surface area contributed by atoms with E-state index in [0.29, 0.717) is 22.4 Å². The summed E-state index contributed by atoms with van der Waals surface area (Å²) in [6, 6.07) is 8.76. The highest BCUT2D eigenvalue weighted by atomic mass is 16.6. The number of benzene rings is 2. The molecule has 1 N–H and O–H groups in total. The lowest BCUT2D eigenvalue weighted by Crippen LogP contribution is -2.30. The maximum Gasteiger partial charge on any atom is 0.273 e. The van der Waals surface area contributed by atoms with Crippen LogP contribution in [-0.2, 0) is 6.54 Å². The van der Waals surface area contributed by atoms with Gasteiger partial charge < -0.3 is 19.3 Å². The van der Waals surface area contributed by atoms with Crippen molar-refractivity contribution in [1.29, 1.82) is 0 Å². The Hall–Kier alpha value is -3.66. The zero-order valence-electron chi connectivity index (χ0n) is 15.8. The summed E-state index contributed by atoms with van der Waals surface area (Å²) in [5, 5.41) is 21.3. The number of hydrogen-bond donors (Lipinski definition) is 1. The van der Waals surface area contributed by atoms with Crippen LogP contribution >= 0.6 is 0 Å². The molecule has 0 aliphatic rings. The van der Waals surface area contributed by atoms with Crippen LogP contribution in [0, 0.1) is 10.1 Å². The van der Waals surface area contributed by atoms with E-state index in [1.807, 2.05) is 0 Å². The van der Waals surface area contributed by atoms with Crippen LogP contribution in [0.3, 0.4) is 0 Å². The molecule has 3 rings (SSSR count). The van der Waals surface area contributed by atoms with Crippen LogP contribution in [-0.4, -0.2) is 46.5 Å².